The zero-order chi connectivity index (χ0) is 15.4. The van der Waals surface area contributed by atoms with Crippen molar-refractivity contribution in [2.24, 2.45) is 0 Å². The van der Waals surface area contributed by atoms with Gasteiger partial charge in [0, 0.05) is 16.0 Å². The molecule has 1 heterocycles. The Kier molecular flexibility index (Phi) is 5.31. The summed E-state index contributed by atoms with van der Waals surface area (Å²) in [5.74, 6) is 1.51. The zero-order valence-corrected chi connectivity index (χ0v) is 14.5. The molecule has 0 unspecified atom stereocenters. The lowest BCUT2D eigenvalue weighted by Gasteiger charge is -2.17. The Balaban J connectivity index is 1.56. The van der Waals surface area contributed by atoms with Crippen LogP contribution in [0.15, 0.2) is 38.4 Å². The Morgan fingerprint density at radius 1 is 1.18 bits per heavy atom. The monoisotopic (exact) mass is 380 g/mol. The average Bonchev–Trinajstić information content (AvgIpc) is 3.03. The van der Waals surface area contributed by atoms with Crippen molar-refractivity contribution in [1.29, 1.82) is 0 Å². The Morgan fingerprint density at radius 3 is 2.64 bits per heavy atom. The van der Waals surface area contributed by atoms with Crippen LogP contribution in [0.4, 0.5) is 0 Å². The van der Waals surface area contributed by atoms with Crippen molar-refractivity contribution >= 4 is 33.5 Å². The SMILES string of the molecule is O=C(CSc1nnc(C2CCCCC2)o1)c1ccc(Br)cc1. The van der Waals surface area contributed by atoms with E-state index in [-0.39, 0.29) is 5.78 Å². The molecule has 6 heteroatoms. The lowest BCUT2D eigenvalue weighted by molar-refractivity contribution is 0.102. The summed E-state index contributed by atoms with van der Waals surface area (Å²) in [5, 5.41) is 8.70. The van der Waals surface area contributed by atoms with Gasteiger partial charge < -0.3 is 4.42 Å². The first-order valence-corrected chi connectivity index (χ1v) is 9.25. The van der Waals surface area contributed by atoms with Gasteiger partial charge in [0.15, 0.2) is 5.78 Å². The number of aromatic nitrogens is 2. The molecule has 1 aliphatic rings. The molecule has 3 rings (SSSR count). The molecule has 1 fully saturated rings. The maximum Gasteiger partial charge on any atom is 0.277 e. The van der Waals surface area contributed by atoms with Crippen molar-refractivity contribution < 1.29 is 9.21 Å². The van der Waals surface area contributed by atoms with Crippen LogP contribution in [0.25, 0.3) is 0 Å². The van der Waals surface area contributed by atoms with Gasteiger partial charge in [0.25, 0.3) is 5.22 Å². The zero-order valence-electron chi connectivity index (χ0n) is 12.1. The predicted molar refractivity (Wildman–Crippen MR) is 89.3 cm³/mol. The molecule has 1 aliphatic carbocycles. The van der Waals surface area contributed by atoms with Crippen LogP contribution in [0.1, 0.15) is 54.3 Å². The minimum Gasteiger partial charge on any atom is -0.416 e. The summed E-state index contributed by atoms with van der Waals surface area (Å²) < 4.78 is 6.67. The van der Waals surface area contributed by atoms with E-state index < -0.39 is 0 Å². The number of carbonyl (C=O) groups excluding carboxylic acids is 1. The fourth-order valence-corrected chi connectivity index (χ4v) is 3.57. The fourth-order valence-electron chi connectivity index (χ4n) is 2.64. The summed E-state index contributed by atoms with van der Waals surface area (Å²) in [6.45, 7) is 0. The molecule has 0 saturated heterocycles. The van der Waals surface area contributed by atoms with Crippen molar-refractivity contribution in [3.63, 3.8) is 0 Å². The summed E-state index contributed by atoms with van der Waals surface area (Å²) >= 11 is 4.67. The Bertz CT molecular complexity index is 636. The third kappa shape index (κ3) is 3.98. The number of ketones is 1. The molecule has 0 spiro atoms. The van der Waals surface area contributed by atoms with Gasteiger partial charge in [-0.3, -0.25) is 4.79 Å². The van der Waals surface area contributed by atoms with Crippen LogP contribution in [0.3, 0.4) is 0 Å². The van der Waals surface area contributed by atoms with Crippen molar-refractivity contribution in [2.75, 3.05) is 5.75 Å². The van der Waals surface area contributed by atoms with E-state index in [1.807, 2.05) is 24.3 Å². The smallest absolute Gasteiger partial charge is 0.277 e. The third-order valence-electron chi connectivity index (χ3n) is 3.87. The molecule has 22 heavy (non-hydrogen) atoms. The second-order valence-electron chi connectivity index (χ2n) is 5.46. The highest BCUT2D eigenvalue weighted by Crippen LogP contribution is 2.33. The van der Waals surface area contributed by atoms with Gasteiger partial charge in [-0.15, -0.1) is 10.2 Å². The summed E-state index contributed by atoms with van der Waals surface area (Å²) in [5.41, 5.74) is 0.697. The number of carbonyl (C=O) groups is 1. The molecule has 1 aromatic carbocycles. The van der Waals surface area contributed by atoms with Gasteiger partial charge >= 0.3 is 0 Å². The second kappa shape index (κ2) is 7.42. The Hall–Kier alpha value is -1.14. The molecule has 1 saturated carbocycles. The van der Waals surface area contributed by atoms with E-state index >= 15 is 0 Å². The molecule has 4 nitrogen and oxygen atoms in total. The minimum atomic E-state index is 0.0647. The van der Waals surface area contributed by atoms with E-state index in [1.165, 1.54) is 31.0 Å². The fraction of sp³-hybridized carbons (Fsp3) is 0.438. The van der Waals surface area contributed by atoms with Gasteiger partial charge in [-0.2, -0.15) is 0 Å². The normalized spacial score (nSPS) is 15.9. The lowest BCUT2D eigenvalue weighted by atomic mass is 9.89. The van der Waals surface area contributed by atoms with Crippen LogP contribution in [-0.2, 0) is 0 Å². The topological polar surface area (TPSA) is 56.0 Å². The van der Waals surface area contributed by atoms with Gasteiger partial charge in [0.05, 0.1) is 5.75 Å². The highest BCUT2D eigenvalue weighted by atomic mass is 79.9. The molecule has 0 radical (unpaired) electrons. The third-order valence-corrected chi connectivity index (χ3v) is 5.22. The van der Waals surface area contributed by atoms with E-state index in [2.05, 4.69) is 26.1 Å². The molecule has 0 aliphatic heterocycles. The van der Waals surface area contributed by atoms with Gasteiger partial charge in [0.2, 0.25) is 5.89 Å². The number of thioether (sulfide) groups is 1. The van der Waals surface area contributed by atoms with Gasteiger partial charge in [-0.05, 0) is 25.0 Å². The van der Waals surface area contributed by atoms with Crippen LogP contribution in [0, 0.1) is 0 Å². The number of nitrogens with zero attached hydrogens (tertiary/aromatic N) is 2. The molecule has 1 aromatic heterocycles. The molecular formula is C16H17BrN2O2S. The van der Waals surface area contributed by atoms with E-state index in [0.29, 0.717) is 22.5 Å². The quantitative estimate of drug-likeness (QED) is 0.547. The van der Waals surface area contributed by atoms with Gasteiger partial charge in [-0.1, -0.05) is 59.1 Å². The van der Waals surface area contributed by atoms with Crippen molar-refractivity contribution in [1.82, 2.24) is 10.2 Å². The van der Waals surface area contributed by atoms with Crippen LogP contribution in [0.2, 0.25) is 0 Å². The number of hydrogen-bond donors (Lipinski definition) is 0. The highest BCUT2D eigenvalue weighted by molar-refractivity contribution is 9.10. The van der Waals surface area contributed by atoms with Crippen LogP contribution >= 0.6 is 27.7 Å². The van der Waals surface area contributed by atoms with E-state index in [1.54, 1.807) is 0 Å². The molecule has 2 aromatic rings. The van der Waals surface area contributed by atoms with Crippen molar-refractivity contribution in [2.45, 2.75) is 43.2 Å². The Labute approximate surface area is 142 Å². The van der Waals surface area contributed by atoms with Crippen molar-refractivity contribution in [3.05, 3.63) is 40.2 Å². The molecule has 0 bridgehead atoms. The molecule has 0 atom stereocenters. The lowest BCUT2D eigenvalue weighted by Crippen LogP contribution is -2.04. The average molecular weight is 381 g/mol. The molecular weight excluding hydrogens is 364 g/mol. The number of benzene rings is 1. The second-order valence-corrected chi connectivity index (χ2v) is 7.30. The van der Waals surface area contributed by atoms with Crippen LogP contribution in [0.5, 0.6) is 0 Å². The predicted octanol–water partition coefficient (Wildman–Crippen LogP) is 4.85. The van der Waals surface area contributed by atoms with Gasteiger partial charge in [0.1, 0.15) is 0 Å². The summed E-state index contributed by atoms with van der Waals surface area (Å²) in [4.78, 5) is 12.1. The van der Waals surface area contributed by atoms with Crippen LogP contribution < -0.4 is 0 Å². The first kappa shape index (κ1) is 15.7. The summed E-state index contributed by atoms with van der Waals surface area (Å²) in [6.07, 6.45) is 6.03. The summed E-state index contributed by atoms with van der Waals surface area (Å²) in [6, 6.07) is 7.36. The van der Waals surface area contributed by atoms with E-state index in [4.69, 9.17) is 4.42 Å². The molecule has 116 valence electrons. The Morgan fingerprint density at radius 2 is 1.91 bits per heavy atom. The largest absolute Gasteiger partial charge is 0.416 e. The molecule has 0 amide bonds. The maximum atomic E-state index is 12.1. The number of halogens is 1. The van der Waals surface area contributed by atoms with Crippen molar-refractivity contribution in [3.8, 4) is 0 Å². The number of Topliss-reactive ketones (excluding diaryl/α,β-unsaturated/α-hetero) is 1. The van der Waals surface area contributed by atoms with E-state index in [0.717, 1.165) is 23.2 Å². The first-order valence-electron chi connectivity index (χ1n) is 7.47. The van der Waals surface area contributed by atoms with E-state index in [9.17, 15) is 4.79 Å². The number of hydrogen-bond acceptors (Lipinski definition) is 5. The molecule has 0 N–H and O–H groups in total. The first-order chi connectivity index (χ1) is 10.7. The minimum absolute atomic E-state index is 0.0647. The van der Waals surface area contributed by atoms with Crippen LogP contribution in [-0.4, -0.2) is 21.7 Å². The highest BCUT2D eigenvalue weighted by Gasteiger charge is 2.21. The number of rotatable bonds is 5. The summed E-state index contributed by atoms with van der Waals surface area (Å²) in [7, 11) is 0. The van der Waals surface area contributed by atoms with Gasteiger partial charge in [-0.25, -0.2) is 0 Å². The standard InChI is InChI=1S/C16H17BrN2O2S/c17-13-8-6-11(7-9-13)14(20)10-22-16-19-18-15(21-16)12-4-2-1-3-5-12/h6-9,12H,1-5,10H2. The maximum absolute atomic E-state index is 12.1.